The third kappa shape index (κ3) is 3.19. The second kappa shape index (κ2) is 6.68. The molecule has 0 aliphatic carbocycles. The van der Waals surface area contributed by atoms with Gasteiger partial charge < -0.3 is 9.97 Å². The van der Waals surface area contributed by atoms with Gasteiger partial charge in [0.05, 0.1) is 11.0 Å². The number of aryl methyl sites for hydroxylation is 2. The maximum absolute atomic E-state index is 4.64. The third-order valence-corrected chi connectivity index (χ3v) is 4.87. The average Bonchev–Trinajstić information content (AvgIpc) is 3.31. The number of para-hydroxylation sites is 2. The summed E-state index contributed by atoms with van der Waals surface area (Å²) in [7, 11) is 0. The van der Waals surface area contributed by atoms with Crippen molar-refractivity contribution in [3.05, 3.63) is 89.8 Å². The monoisotopic (exact) mass is 353 g/mol. The van der Waals surface area contributed by atoms with E-state index in [1.165, 1.54) is 16.5 Å². The van der Waals surface area contributed by atoms with Crippen LogP contribution in [-0.2, 0) is 19.3 Å². The van der Waals surface area contributed by atoms with Gasteiger partial charge in [-0.2, -0.15) is 0 Å². The fourth-order valence-corrected chi connectivity index (χ4v) is 3.46. The highest BCUT2D eigenvalue weighted by Crippen LogP contribution is 2.19. The van der Waals surface area contributed by atoms with Crippen LogP contribution in [0.1, 0.15) is 22.6 Å². The van der Waals surface area contributed by atoms with E-state index in [1.54, 1.807) is 6.20 Å². The average molecular weight is 353 g/mol. The first-order valence-electron chi connectivity index (χ1n) is 9.13. The molecule has 5 nitrogen and oxygen atoms in total. The van der Waals surface area contributed by atoms with Crippen LogP contribution in [0.2, 0.25) is 0 Å². The second-order valence-electron chi connectivity index (χ2n) is 6.75. The molecule has 2 N–H and O–H groups in total. The molecule has 0 bridgehead atoms. The summed E-state index contributed by atoms with van der Waals surface area (Å²) in [5.41, 5.74) is 6.57. The Bertz CT molecular complexity index is 1170. The number of hydrogen-bond donors (Lipinski definition) is 2. The van der Waals surface area contributed by atoms with E-state index in [1.807, 2.05) is 36.7 Å². The number of pyridine rings is 2. The first-order valence-corrected chi connectivity index (χ1v) is 9.13. The molecule has 1 aromatic carbocycles. The van der Waals surface area contributed by atoms with Gasteiger partial charge in [0, 0.05) is 42.5 Å². The molecule has 0 saturated carbocycles. The van der Waals surface area contributed by atoms with Crippen molar-refractivity contribution in [1.82, 2.24) is 24.9 Å². The normalized spacial score (nSPS) is 11.4. The molecule has 0 saturated heterocycles. The minimum Gasteiger partial charge on any atom is -0.346 e. The number of benzene rings is 1. The molecular formula is C22H19N5. The number of fused-ring (bicyclic) bond motifs is 2. The van der Waals surface area contributed by atoms with E-state index < -0.39 is 0 Å². The minimum atomic E-state index is 0.850. The van der Waals surface area contributed by atoms with E-state index in [2.05, 4.69) is 49.2 Å². The number of rotatable bonds is 5. The van der Waals surface area contributed by atoms with E-state index in [-0.39, 0.29) is 0 Å². The summed E-state index contributed by atoms with van der Waals surface area (Å²) in [6.45, 7) is 0. The largest absolute Gasteiger partial charge is 0.346 e. The van der Waals surface area contributed by atoms with Crippen LogP contribution in [-0.4, -0.2) is 24.9 Å². The van der Waals surface area contributed by atoms with Crippen molar-refractivity contribution in [1.29, 1.82) is 0 Å². The Hall–Kier alpha value is -3.47. The van der Waals surface area contributed by atoms with Gasteiger partial charge >= 0.3 is 0 Å². The molecular weight excluding hydrogens is 334 g/mol. The number of aromatic nitrogens is 5. The van der Waals surface area contributed by atoms with Crippen molar-refractivity contribution in [3.8, 4) is 0 Å². The summed E-state index contributed by atoms with van der Waals surface area (Å²) < 4.78 is 0. The molecule has 0 amide bonds. The van der Waals surface area contributed by atoms with Gasteiger partial charge in [0.25, 0.3) is 0 Å². The molecule has 0 aliphatic rings. The van der Waals surface area contributed by atoms with Gasteiger partial charge in [-0.3, -0.25) is 4.98 Å². The number of imidazole rings is 1. The summed E-state index contributed by atoms with van der Waals surface area (Å²) in [5, 5.41) is 1.17. The van der Waals surface area contributed by atoms with E-state index in [0.29, 0.717) is 0 Å². The Morgan fingerprint density at radius 2 is 1.85 bits per heavy atom. The minimum absolute atomic E-state index is 0.850. The van der Waals surface area contributed by atoms with Gasteiger partial charge in [-0.25, -0.2) is 9.97 Å². The zero-order valence-electron chi connectivity index (χ0n) is 14.8. The fourth-order valence-electron chi connectivity index (χ4n) is 3.46. The quantitative estimate of drug-likeness (QED) is 0.497. The lowest BCUT2D eigenvalue weighted by Crippen LogP contribution is -1.97. The molecule has 0 radical (unpaired) electrons. The lowest BCUT2D eigenvalue weighted by atomic mass is 10.1. The van der Waals surface area contributed by atoms with E-state index in [4.69, 9.17) is 0 Å². The predicted molar refractivity (Wildman–Crippen MR) is 107 cm³/mol. The molecule has 0 unspecified atom stereocenters. The summed E-state index contributed by atoms with van der Waals surface area (Å²) in [5.74, 6) is 1.01. The number of aromatic amines is 2. The molecule has 4 aromatic heterocycles. The van der Waals surface area contributed by atoms with E-state index in [0.717, 1.165) is 47.5 Å². The van der Waals surface area contributed by atoms with Gasteiger partial charge in [0.1, 0.15) is 11.5 Å². The highest BCUT2D eigenvalue weighted by atomic mass is 14.9. The maximum atomic E-state index is 4.64. The van der Waals surface area contributed by atoms with Crippen LogP contribution in [0.4, 0.5) is 0 Å². The molecule has 27 heavy (non-hydrogen) atoms. The third-order valence-electron chi connectivity index (χ3n) is 4.87. The Labute approximate surface area is 156 Å². The maximum Gasteiger partial charge on any atom is 0.137 e. The molecule has 5 rings (SSSR count). The number of hydrogen-bond acceptors (Lipinski definition) is 3. The van der Waals surface area contributed by atoms with E-state index >= 15 is 0 Å². The Kier molecular flexibility index (Phi) is 3.90. The van der Waals surface area contributed by atoms with Crippen LogP contribution in [0.5, 0.6) is 0 Å². The lowest BCUT2D eigenvalue weighted by molar-refractivity contribution is 0.858. The van der Waals surface area contributed by atoms with Crippen molar-refractivity contribution in [3.63, 3.8) is 0 Å². The summed E-state index contributed by atoms with van der Waals surface area (Å²) >= 11 is 0. The molecule has 0 atom stereocenters. The number of nitrogens with one attached hydrogen (secondary N) is 2. The molecule has 0 spiro atoms. The zero-order valence-corrected chi connectivity index (χ0v) is 14.8. The van der Waals surface area contributed by atoms with Crippen LogP contribution < -0.4 is 0 Å². The topological polar surface area (TPSA) is 70.2 Å². The number of H-pyrrole nitrogens is 2. The molecule has 4 heterocycles. The van der Waals surface area contributed by atoms with Gasteiger partial charge in [0.2, 0.25) is 0 Å². The Balaban J connectivity index is 1.27. The first kappa shape index (κ1) is 15.8. The van der Waals surface area contributed by atoms with Crippen molar-refractivity contribution in [2.45, 2.75) is 19.3 Å². The van der Waals surface area contributed by atoms with E-state index in [9.17, 15) is 0 Å². The summed E-state index contributed by atoms with van der Waals surface area (Å²) in [6, 6.07) is 16.5. The highest BCUT2D eigenvalue weighted by Gasteiger charge is 2.06. The highest BCUT2D eigenvalue weighted by molar-refractivity contribution is 5.79. The van der Waals surface area contributed by atoms with Crippen molar-refractivity contribution >= 4 is 22.1 Å². The molecule has 132 valence electrons. The van der Waals surface area contributed by atoms with Crippen LogP contribution in [0.15, 0.2) is 67.1 Å². The van der Waals surface area contributed by atoms with Crippen LogP contribution in [0.3, 0.4) is 0 Å². The molecule has 0 fully saturated rings. The van der Waals surface area contributed by atoms with Gasteiger partial charge in [-0.15, -0.1) is 0 Å². The van der Waals surface area contributed by atoms with Gasteiger partial charge in [0.15, 0.2) is 0 Å². The fraction of sp³-hybridized carbons (Fsp3) is 0.136. The molecule has 5 aromatic rings. The predicted octanol–water partition coefficient (Wildman–Crippen LogP) is 4.21. The van der Waals surface area contributed by atoms with Gasteiger partial charge in [-0.1, -0.05) is 18.2 Å². The SMILES string of the molecule is c1ccc2[nH]c(CCc3ccc(Cc4c[nH]c5ncccc45)cn3)nc2c1. The number of nitrogens with zero attached hydrogens (tertiary/aromatic N) is 3. The Morgan fingerprint density at radius 1 is 0.889 bits per heavy atom. The van der Waals surface area contributed by atoms with Crippen molar-refractivity contribution < 1.29 is 0 Å². The van der Waals surface area contributed by atoms with Crippen LogP contribution in [0, 0.1) is 0 Å². The smallest absolute Gasteiger partial charge is 0.137 e. The van der Waals surface area contributed by atoms with Crippen molar-refractivity contribution in [2.75, 3.05) is 0 Å². The van der Waals surface area contributed by atoms with Crippen LogP contribution in [0.25, 0.3) is 22.1 Å². The Morgan fingerprint density at radius 3 is 2.74 bits per heavy atom. The summed E-state index contributed by atoms with van der Waals surface area (Å²) in [4.78, 5) is 20.2. The second-order valence-corrected chi connectivity index (χ2v) is 6.75. The molecule has 5 heteroatoms. The van der Waals surface area contributed by atoms with Crippen molar-refractivity contribution in [2.24, 2.45) is 0 Å². The molecule has 0 aliphatic heterocycles. The summed E-state index contributed by atoms with van der Waals surface area (Å²) in [6.07, 6.45) is 8.39. The standard InChI is InChI=1S/C22H19N5/c1-2-6-20-19(5-1)26-21(27-20)10-9-17-8-7-15(13-24-17)12-16-14-25-22-18(16)4-3-11-23-22/h1-8,11,13-14H,9-10,12H2,(H,23,25)(H,26,27). The van der Waals surface area contributed by atoms with Gasteiger partial charge in [-0.05, 0) is 47.9 Å². The first-order chi connectivity index (χ1) is 13.3. The zero-order chi connectivity index (χ0) is 18.1. The van der Waals surface area contributed by atoms with Crippen LogP contribution >= 0.6 is 0 Å². The lowest BCUT2D eigenvalue weighted by Gasteiger charge is -2.03.